The Balaban J connectivity index is 4.26. The SMILES string of the molecule is CCCCC/C=C/C/C=C/C/C=C/C/C=C/CCCCCC(=O)OC[C@H](COP(=O)([O-])OCC[N+](C)(C)C)OC(=O)CCCCCCCCCCCCCCCCCCCCCCCC. The Bertz CT molecular complexity index is 1240. The van der Waals surface area contributed by atoms with E-state index < -0.39 is 32.5 Å². The first-order valence-electron chi connectivity index (χ1n) is 26.8. The lowest BCUT2D eigenvalue weighted by Gasteiger charge is -2.28. The smallest absolute Gasteiger partial charge is 0.306 e. The fraction of sp³-hybridized carbons (Fsp3) is 0.818. The summed E-state index contributed by atoms with van der Waals surface area (Å²) < 4.78 is 34.1. The molecule has 0 aliphatic rings. The number of phosphoric acid groups is 1. The summed E-state index contributed by atoms with van der Waals surface area (Å²) in [5, 5.41) is 0. The van der Waals surface area contributed by atoms with Crippen LogP contribution in [0.1, 0.15) is 239 Å². The summed E-state index contributed by atoms with van der Waals surface area (Å²) in [5.74, 6) is -0.862. The predicted molar refractivity (Wildman–Crippen MR) is 273 cm³/mol. The third kappa shape index (κ3) is 51.2. The van der Waals surface area contributed by atoms with Crippen LogP contribution in [0.2, 0.25) is 0 Å². The maximum Gasteiger partial charge on any atom is 0.306 e. The van der Waals surface area contributed by atoms with Crippen LogP contribution in [0, 0.1) is 0 Å². The number of rotatable bonds is 49. The molecule has 0 aliphatic carbocycles. The highest BCUT2D eigenvalue weighted by Crippen LogP contribution is 2.38. The Morgan fingerprint density at radius 2 is 0.831 bits per heavy atom. The number of phosphoric ester groups is 1. The van der Waals surface area contributed by atoms with Crippen molar-refractivity contribution < 1.29 is 42.1 Å². The fourth-order valence-electron chi connectivity index (χ4n) is 7.40. The summed E-state index contributed by atoms with van der Waals surface area (Å²) in [6, 6.07) is 0. The predicted octanol–water partition coefficient (Wildman–Crippen LogP) is 15.6. The van der Waals surface area contributed by atoms with Gasteiger partial charge in [0.25, 0.3) is 7.82 Å². The van der Waals surface area contributed by atoms with Crippen molar-refractivity contribution >= 4 is 19.8 Å². The molecule has 65 heavy (non-hydrogen) atoms. The zero-order valence-electron chi connectivity index (χ0n) is 42.9. The number of hydrogen-bond acceptors (Lipinski definition) is 8. The van der Waals surface area contributed by atoms with E-state index in [0.717, 1.165) is 57.8 Å². The van der Waals surface area contributed by atoms with Gasteiger partial charge in [0.2, 0.25) is 0 Å². The van der Waals surface area contributed by atoms with E-state index in [2.05, 4.69) is 62.5 Å². The molecule has 0 saturated carbocycles. The number of hydrogen-bond donors (Lipinski definition) is 0. The van der Waals surface area contributed by atoms with E-state index >= 15 is 0 Å². The van der Waals surface area contributed by atoms with Crippen molar-refractivity contribution in [2.75, 3.05) is 47.5 Å². The van der Waals surface area contributed by atoms with Crippen LogP contribution in [-0.4, -0.2) is 70.0 Å². The summed E-state index contributed by atoms with van der Waals surface area (Å²) in [7, 11) is 1.15. The molecule has 0 saturated heterocycles. The molecule has 0 aromatic heterocycles. The second-order valence-electron chi connectivity index (χ2n) is 19.2. The minimum Gasteiger partial charge on any atom is -0.756 e. The summed E-state index contributed by atoms with van der Waals surface area (Å²) in [6.07, 6.45) is 57.2. The Morgan fingerprint density at radius 3 is 1.26 bits per heavy atom. The number of quaternary nitrogens is 1. The van der Waals surface area contributed by atoms with Gasteiger partial charge < -0.3 is 27.9 Å². The average Bonchev–Trinajstić information content (AvgIpc) is 3.26. The third-order valence-electron chi connectivity index (χ3n) is 11.6. The molecule has 0 aromatic rings. The summed E-state index contributed by atoms with van der Waals surface area (Å²) >= 11 is 0. The van der Waals surface area contributed by atoms with E-state index in [1.54, 1.807) is 0 Å². The van der Waals surface area contributed by atoms with E-state index in [-0.39, 0.29) is 26.1 Å². The normalized spacial score (nSPS) is 13.8. The summed E-state index contributed by atoms with van der Waals surface area (Å²) in [6.45, 7) is 4.20. The van der Waals surface area contributed by atoms with Crippen LogP contribution in [0.5, 0.6) is 0 Å². The van der Waals surface area contributed by atoms with Gasteiger partial charge in [0.1, 0.15) is 19.8 Å². The molecule has 0 radical (unpaired) electrons. The van der Waals surface area contributed by atoms with Crippen LogP contribution in [0.25, 0.3) is 0 Å². The molecule has 0 aliphatic heterocycles. The number of esters is 2. The molecule has 0 bridgehead atoms. The largest absolute Gasteiger partial charge is 0.756 e. The lowest BCUT2D eigenvalue weighted by atomic mass is 10.0. The topological polar surface area (TPSA) is 111 Å². The number of ether oxygens (including phenoxy) is 2. The Morgan fingerprint density at radius 1 is 0.477 bits per heavy atom. The highest BCUT2D eigenvalue weighted by molar-refractivity contribution is 7.45. The fourth-order valence-corrected chi connectivity index (χ4v) is 8.13. The Labute approximate surface area is 401 Å². The number of nitrogens with zero attached hydrogens (tertiary/aromatic N) is 1. The number of allylic oxidation sites excluding steroid dienone is 8. The van der Waals surface area contributed by atoms with Gasteiger partial charge in [-0.25, -0.2) is 0 Å². The number of unbranched alkanes of at least 4 members (excludes halogenated alkanes) is 27. The van der Waals surface area contributed by atoms with Gasteiger partial charge >= 0.3 is 11.9 Å². The first-order chi connectivity index (χ1) is 31.5. The molecule has 0 rings (SSSR count). The molecule has 0 N–H and O–H groups in total. The Kier molecular flexibility index (Phi) is 45.6. The Hall–Kier alpha value is -2.03. The lowest BCUT2D eigenvalue weighted by Crippen LogP contribution is -2.37. The van der Waals surface area contributed by atoms with Crippen LogP contribution in [0.15, 0.2) is 48.6 Å². The van der Waals surface area contributed by atoms with Gasteiger partial charge in [-0.1, -0.05) is 217 Å². The monoisotopic (exact) mass is 936 g/mol. The lowest BCUT2D eigenvalue weighted by molar-refractivity contribution is -0.870. The van der Waals surface area contributed by atoms with Gasteiger partial charge in [-0.3, -0.25) is 14.2 Å². The highest BCUT2D eigenvalue weighted by atomic mass is 31.2. The average molecular weight is 936 g/mol. The quantitative estimate of drug-likeness (QED) is 0.0195. The molecule has 0 fully saturated rings. The molecular formula is C55H102NO8P. The zero-order chi connectivity index (χ0) is 47.8. The standard InChI is InChI=1S/C55H102NO8P/c1-6-8-10-12-14-16-18-20-22-24-26-27-28-30-32-34-36-38-40-42-44-46-48-55(58)64-53(52-63-65(59,60)62-50-49-56(3,4)5)51-61-54(57)47-45-43-41-39-37-35-33-31-29-25-23-21-19-17-15-13-11-9-7-2/h15,17,21,23,29,31,35,37,53H,6-14,16,18-20,22,24-28,30,32-34,36,38-52H2,1-5H3/b17-15+,23-21+,31-29+,37-35+/t53-/m1/s1. The van der Waals surface area contributed by atoms with Crippen molar-refractivity contribution in [1.29, 1.82) is 0 Å². The van der Waals surface area contributed by atoms with Gasteiger partial charge in [-0.05, 0) is 57.8 Å². The highest BCUT2D eigenvalue weighted by Gasteiger charge is 2.21. The molecule has 0 aromatic carbocycles. The van der Waals surface area contributed by atoms with Gasteiger partial charge in [0.15, 0.2) is 6.10 Å². The molecular weight excluding hydrogens is 834 g/mol. The zero-order valence-corrected chi connectivity index (χ0v) is 43.8. The van der Waals surface area contributed by atoms with Crippen molar-refractivity contribution in [3.8, 4) is 0 Å². The van der Waals surface area contributed by atoms with E-state index in [1.807, 2.05) is 21.1 Å². The van der Waals surface area contributed by atoms with Gasteiger partial charge in [-0.2, -0.15) is 0 Å². The molecule has 0 heterocycles. The minimum atomic E-state index is -4.64. The first-order valence-corrected chi connectivity index (χ1v) is 28.3. The second-order valence-corrected chi connectivity index (χ2v) is 20.7. The maximum absolute atomic E-state index is 12.8. The summed E-state index contributed by atoms with van der Waals surface area (Å²) in [5.41, 5.74) is 0. The van der Waals surface area contributed by atoms with E-state index in [1.165, 1.54) is 141 Å². The van der Waals surface area contributed by atoms with Crippen molar-refractivity contribution in [2.24, 2.45) is 0 Å². The molecule has 0 spiro atoms. The van der Waals surface area contributed by atoms with Crippen LogP contribution >= 0.6 is 7.82 Å². The van der Waals surface area contributed by atoms with E-state index in [4.69, 9.17) is 18.5 Å². The van der Waals surface area contributed by atoms with Crippen LogP contribution in [0.3, 0.4) is 0 Å². The molecule has 380 valence electrons. The van der Waals surface area contributed by atoms with Gasteiger partial charge in [-0.15, -0.1) is 0 Å². The van der Waals surface area contributed by atoms with Crippen molar-refractivity contribution in [2.45, 2.75) is 245 Å². The van der Waals surface area contributed by atoms with Crippen molar-refractivity contribution in [1.82, 2.24) is 0 Å². The van der Waals surface area contributed by atoms with Gasteiger partial charge in [0, 0.05) is 12.8 Å². The van der Waals surface area contributed by atoms with Crippen LogP contribution in [0.4, 0.5) is 0 Å². The third-order valence-corrected chi connectivity index (χ3v) is 12.6. The number of carbonyl (C=O) groups is 2. The first kappa shape index (κ1) is 63.0. The van der Waals surface area contributed by atoms with E-state index in [9.17, 15) is 19.0 Å². The molecule has 9 nitrogen and oxygen atoms in total. The number of likely N-dealkylation sites (N-methyl/N-ethyl adjacent to an activating group) is 1. The van der Waals surface area contributed by atoms with Gasteiger partial charge in [0.05, 0.1) is 27.7 Å². The van der Waals surface area contributed by atoms with Crippen LogP contribution < -0.4 is 4.89 Å². The maximum atomic E-state index is 12.8. The van der Waals surface area contributed by atoms with Crippen molar-refractivity contribution in [3.05, 3.63) is 48.6 Å². The molecule has 1 unspecified atom stereocenters. The molecule has 2 atom stereocenters. The van der Waals surface area contributed by atoms with Crippen molar-refractivity contribution in [3.63, 3.8) is 0 Å². The second kappa shape index (κ2) is 47.1. The minimum absolute atomic E-state index is 0.0361. The number of carbonyl (C=O) groups excluding carboxylic acids is 2. The molecule has 10 heteroatoms. The summed E-state index contributed by atoms with van der Waals surface area (Å²) in [4.78, 5) is 37.8. The molecule has 0 amide bonds. The van der Waals surface area contributed by atoms with Crippen LogP contribution in [-0.2, 0) is 32.7 Å². The van der Waals surface area contributed by atoms with E-state index in [0.29, 0.717) is 23.9 Å².